The van der Waals surface area contributed by atoms with Crippen LogP contribution in [0.4, 0.5) is 18.9 Å². The molecule has 3 aliphatic carbocycles. The van der Waals surface area contributed by atoms with E-state index in [1.54, 1.807) is 24.3 Å². The van der Waals surface area contributed by atoms with Crippen LogP contribution in [0.25, 0.3) is 22.4 Å². The largest absolute Gasteiger partial charge is 0.417 e. The smallest absolute Gasteiger partial charge is 0.382 e. The lowest BCUT2D eigenvalue weighted by molar-refractivity contribution is -0.122. The Kier molecular flexibility index (Phi) is 6.13. The van der Waals surface area contributed by atoms with E-state index in [0.717, 1.165) is 43.2 Å². The highest BCUT2D eigenvalue weighted by Crippen LogP contribution is 2.43. The fourth-order valence-electron chi connectivity index (χ4n) is 5.55. The van der Waals surface area contributed by atoms with Gasteiger partial charge in [-0.05, 0) is 62.1 Å². The molecule has 1 amide bonds. The molecule has 3 aliphatic rings. The Morgan fingerprint density at radius 1 is 1.09 bits per heavy atom. The van der Waals surface area contributed by atoms with Crippen LogP contribution in [0.2, 0.25) is 0 Å². The van der Waals surface area contributed by atoms with E-state index in [2.05, 4.69) is 22.2 Å². The van der Waals surface area contributed by atoms with Crippen LogP contribution < -0.4 is 10.6 Å². The normalized spacial score (nSPS) is 24.5. The monoisotopic (exact) mass is 469 g/mol. The number of carbonyl (C=O) groups is 1. The summed E-state index contributed by atoms with van der Waals surface area (Å²) >= 11 is 0. The summed E-state index contributed by atoms with van der Waals surface area (Å²) in [6.07, 6.45) is 6.73. The van der Waals surface area contributed by atoms with Gasteiger partial charge in [0.05, 0.1) is 17.0 Å². The summed E-state index contributed by atoms with van der Waals surface area (Å²) in [6.45, 7) is 3.63. The Hall–Kier alpha value is -2.83. The van der Waals surface area contributed by atoms with Gasteiger partial charge in [0.25, 0.3) is 0 Å². The van der Waals surface area contributed by atoms with Gasteiger partial charge in [0.1, 0.15) is 0 Å². The summed E-state index contributed by atoms with van der Waals surface area (Å²) in [5.41, 5.74) is 0.132. The van der Waals surface area contributed by atoms with Crippen molar-refractivity contribution < 1.29 is 18.0 Å². The summed E-state index contributed by atoms with van der Waals surface area (Å²) in [6, 6.07) is 7.54. The molecule has 2 aromatic rings. The van der Waals surface area contributed by atoms with Crippen LogP contribution in [-0.2, 0) is 4.79 Å². The van der Waals surface area contributed by atoms with Gasteiger partial charge in [-0.15, -0.1) is 0 Å². The van der Waals surface area contributed by atoms with E-state index in [-0.39, 0.29) is 17.5 Å². The minimum Gasteiger partial charge on any atom is -0.382 e. The van der Waals surface area contributed by atoms with Crippen LogP contribution in [0.1, 0.15) is 56.3 Å². The Labute approximate surface area is 197 Å². The molecule has 4 nitrogen and oxygen atoms in total. The predicted octanol–water partition coefficient (Wildman–Crippen LogP) is 6.34. The molecule has 7 heteroatoms. The molecule has 2 unspecified atom stereocenters. The third-order valence-corrected chi connectivity index (χ3v) is 7.40. The first-order valence-corrected chi connectivity index (χ1v) is 12.2. The summed E-state index contributed by atoms with van der Waals surface area (Å²) in [4.78, 5) is 16.1. The Balaban J connectivity index is 1.45. The Morgan fingerprint density at radius 2 is 1.82 bits per heavy atom. The highest BCUT2D eigenvalue weighted by molar-refractivity contribution is 6.00. The van der Waals surface area contributed by atoms with Crippen molar-refractivity contribution >= 4 is 34.0 Å². The molecule has 3 saturated carbocycles. The third-order valence-electron chi connectivity index (χ3n) is 7.40. The fraction of sp³-hybridized carbons (Fsp3) is 0.481. The van der Waals surface area contributed by atoms with E-state index in [4.69, 9.17) is 0 Å². The van der Waals surface area contributed by atoms with Crippen molar-refractivity contribution in [3.05, 3.63) is 48.3 Å². The number of benzene rings is 1. The van der Waals surface area contributed by atoms with Crippen LogP contribution >= 0.6 is 0 Å². The zero-order chi connectivity index (χ0) is 23.9. The van der Waals surface area contributed by atoms with Crippen molar-refractivity contribution in [3.63, 3.8) is 0 Å². The number of nitrogens with one attached hydrogen (secondary N) is 2. The maximum atomic E-state index is 13.6. The van der Waals surface area contributed by atoms with Gasteiger partial charge >= 0.3 is 6.18 Å². The third kappa shape index (κ3) is 4.98. The number of pyridine rings is 1. The first-order valence-electron chi connectivity index (χ1n) is 12.2. The van der Waals surface area contributed by atoms with Gasteiger partial charge in [-0.3, -0.25) is 4.79 Å². The maximum absolute atomic E-state index is 13.6. The summed E-state index contributed by atoms with van der Waals surface area (Å²) < 4.78 is 40.9. The number of fused-ring (bicyclic) bond motifs is 3. The van der Waals surface area contributed by atoms with E-state index in [0.29, 0.717) is 29.1 Å². The molecule has 0 radical (unpaired) electrons. The van der Waals surface area contributed by atoms with Crippen LogP contribution in [0.3, 0.4) is 0 Å². The van der Waals surface area contributed by atoms with E-state index in [1.165, 1.54) is 19.3 Å². The van der Waals surface area contributed by atoms with Crippen molar-refractivity contribution in [3.8, 4) is 0 Å². The molecule has 2 bridgehead atoms. The number of amides is 1. The van der Waals surface area contributed by atoms with Gasteiger partial charge in [0, 0.05) is 35.0 Å². The van der Waals surface area contributed by atoms with E-state index < -0.39 is 11.7 Å². The number of anilines is 1. The van der Waals surface area contributed by atoms with E-state index in [1.807, 2.05) is 12.1 Å². The second-order valence-corrected chi connectivity index (χ2v) is 10.1. The van der Waals surface area contributed by atoms with Gasteiger partial charge < -0.3 is 10.6 Å². The minimum atomic E-state index is -4.58. The molecular weight excluding hydrogens is 439 g/mol. The average molecular weight is 470 g/mol. The van der Waals surface area contributed by atoms with E-state index >= 15 is 0 Å². The predicted molar refractivity (Wildman–Crippen MR) is 129 cm³/mol. The summed E-state index contributed by atoms with van der Waals surface area (Å²) in [5.74, 6) is 1.63. The number of nitrogens with zero attached hydrogens (tertiary/aromatic N) is 1. The van der Waals surface area contributed by atoms with Gasteiger partial charge in [-0.2, -0.15) is 13.2 Å². The number of hydrogen-bond acceptors (Lipinski definition) is 3. The second-order valence-electron chi connectivity index (χ2n) is 10.1. The first kappa shape index (κ1) is 22.9. The number of allylic oxidation sites excluding steroid dienone is 1. The zero-order valence-electron chi connectivity index (χ0n) is 19.1. The number of rotatable bonds is 7. The number of carbonyl (C=O) groups excluding carboxylic acids is 1. The maximum Gasteiger partial charge on any atom is 0.417 e. The molecule has 34 heavy (non-hydrogen) atoms. The number of alkyl halides is 3. The number of halogens is 3. The molecule has 3 fully saturated rings. The lowest BCUT2D eigenvalue weighted by atomic mass is 9.85. The topological polar surface area (TPSA) is 54.0 Å². The lowest BCUT2D eigenvalue weighted by Crippen LogP contribution is -2.28. The van der Waals surface area contributed by atoms with Gasteiger partial charge in [-0.25, -0.2) is 4.98 Å². The van der Waals surface area contributed by atoms with Gasteiger partial charge in [-0.1, -0.05) is 37.6 Å². The molecule has 2 N–H and O–H groups in total. The highest BCUT2D eigenvalue weighted by atomic mass is 19.4. The van der Waals surface area contributed by atoms with E-state index in [9.17, 15) is 18.0 Å². The minimum absolute atomic E-state index is 0.0233. The van der Waals surface area contributed by atoms with Crippen LogP contribution in [0.5, 0.6) is 0 Å². The fourth-order valence-corrected chi connectivity index (χ4v) is 5.55. The van der Waals surface area contributed by atoms with Crippen molar-refractivity contribution in [2.75, 3.05) is 11.9 Å². The SMILES string of the molecule is C=C(c1nc(/C=C/CNC(=O)C2CC2)cc2c(NC3CC4CCC(C4)C3)cccc12)C(F)(F)F. The van der Waals surface area contributed by atoms with Crippen molar-refractivity contribution in [1.82, 2.24) is 10.3 Å². The molecule has 1 aromatic carbocycles. The van der Waals surface area contributed by atoms with Gasteiger partial charge in [0.15, 0.2) is 0 Å². The lowest BCUT2D eigenvalue weighted by Gasteiger charge is -2.29. The summed E-state index contributed by atoms with van der Waals surface area (Å²) in [7, 11) is 0. The summed E-state index contributed by atoms with van der Waals surface area (Å²) in [5, 5.41) is 7.61. The molecule has 2 atom stereocenters. The highest BCUT2D eigenvalue weighted by Gasteiger charge is 2.36. The molecule has 0 spiro atoms. The van der Waals surface area contributed by atoms with Crippen molar-refractivity contribution in [2.45, 2.75) is 57.2 Å². The Morgan fingerprint density at radius 3 is 2.50 bits per heavy atom. The molecular formula is C27H30F3N3O. The average Bonchev–Trinajstić information content (AvgIpc) is 3.60. The zero-order valence-corrected chi connectivity index (χ0v) is 19.1. The quantitative estimate of drug-likeness (QED) is 0.498. The molecule has 0 saturated heterocycles. The van der Waals surface area contributed by atoms with Crippen molar-refractivity contribution in [2.24, 2.45) is 17.8 Å². The molecule has 180 valence electrons. The van der Waals surface area contributed by atoms with Crippen LogP contribution in [-0.4, -0.2) is 29.7 Å². The van der Waals surface area contributed by atoms with Gasteiger partial charge in [0.2, 0.25) is 5.91 Å². The molecule has 1 heterocycles. The number of aromatic nitrogens is 1. The van der Waals surface area contributed by atoms with Crippen molar-refractivity contribution in [1.29, 1.82) is 0 Å². The molecule has 1 aromatic heterocycles. The standard InChI is InChI=1S/C27H30F3N3O/c1-16(27(28,29)30)25-22-5-2-6-24(32-21-13-17-7-8-18(12-17)14-21)23(22)15-20(33-25)4-3-11-31-26(34)19-9-10-19/h2-6,15,17-19,21,32H,1,7-14H2,(H,31,34)/b4-3+. The Bertz CT molecular complexity index is 1120. The molecule has 5 rings (SSSR count). The number of hydrogen-bond donors (Lipinski definition) is 2. The molecule has 0 aliphatic heterocycles. The van der Waals surface area contributed by atoms with Crippen LogP contribution in [0.15, 0.2) is 36.9 Å². The second kappa shape index (κ2) is 9.08. The van der Waals surface area contributed by atoms with Crippen LogP contribution in [0, 0.1) is 17.8 Å². The first-order chi connectivity index (χ1) is 16.3.